The molecular formula is C13H13ClN2O2S. The fourth-order valence-corrected chi connectivity index (χ4v) is 2.79. The Kier molecular flexibility index (Phi) is 4.50. The van der Waals surface area contributed by atoms with Crippen molar-refractivity contribution in [1.29, 1.82) is 0 Å². The van der Waals surface area contributed by atoms with Crippen molar-refractivity contribution in [3.05, 3.63) is 51.4 Å². The van der Waals surface area contributed by atoms with Gasteiger partial charge >= 0.3 is 0 Å². The van der Waals surface area contributed by atoms with Crippen molar-refractivity contribution in [2.45, 2.75) is 10.6 Å². The minimum absolute atomic E-state index is 0.206. The SMILES string of the molecule is COc1ccccc1CSc1cnn(C)c(=O)c1Cl. The van der Waals surface area contributed by atoms with E-state index < -0.39 is 0 Å². The third kappa shape index (κ3) is 3.11. The molecule has 0 saturated carbocycles. The first-order valence-electron chi connectivity index (χ1n) is 5.60. The first-order chi connectivity index (χ1) is 9.13. The molecule has 0 aliphatic carbocycles. The highest BCUT2D eigenvalue weighted by molar-refractivity contribution is 7.98. The van der Waals surface area contributed by atoms with Gasteiger partial charge in [0.25, 0.3) is 5.56 Å². The monoisotopic (exact) mass is 296 g/mol. The molecule has 0 aliphatic heterocycles. The van der Waals surface area contributed by atoms with Crippen LogP contribution in [0.5, 0.6) is 5.75 Å². The molecule has 0 amide bonds. The molecule has 0 fully saturated rings. The van der Waals surface area contributed by atoms with Crippen LogP contribution >= 0.6 is 23.4 Å². The predicted molar refractivity (Wildman–Crippen MR) is 77.0 cm³/mol. The van der Waals surface area contributed by atoms with E-state index >= 15 is 0 Å². The van der Waals surface area contributed by atoms with E-state index in [9.17, 15) is 4.79 Å². The van der Waals surface area contributed by atoms with Crippen LogP contribution in [0.15, 0.2) is 40.2 Å². The first kappa shape index (κ1) is 14.0. The molecule has 100 valence electrons. The minimum Gasteiger partial charge on any atom is -0.496 e. The smallest absolute Gasteiger partial charge is 0.286 e. The van der Waals surface area contributed by atoms with Crippen molar-refractivity contribution in [3.63, 3.8) is 0 Å². The lowest BCUT2D eigenvalue weighted by atomic mass is 10.2. The summed E-state index contributed by atoms with van der Waals surface area (Å²) >= 11 is 7.48. The Morgan fingerprint density at radius 2 is 2.16 bits per heavy atom. The fraction of sp³-hybridized carbons (Fsp3) is 0.231. The molecule has 0 spiro atoms. The molecule has 0 saturated heterocycles. The quantitative estimate of drug-likeness (QED) is 0.814. The van der Waals surface area contributed by atoms with Gasteiger partial charge in [-0.1, -0.05) is 29.8 Å². The summed E-state index contributed by atoms with van der Waals surface area (Å²) < 4.78 is 6.50. The summed E-state index contributed by atoms with van der Waals surface area (Å²) in [6, 6.07) is 7.75. The number of methoxy groups -OCH3 is 1. The van der Waals surface area contributed by atoms with Gasteiger partial charge in [-0.3, -0.25) is 4.79 Å². The molecule has 0 unspecified atom stereocenters. The van der Waals surface area contributed by atoms with Crippen molar-refractivity contribution < 1.29 is 4.74 Å². The molecule has 6 heteroatoms. The average molecular weight is 297 g/mol. The lowest BCUT2D eigenvalue weighted by Crippen LogP contribution is -2.19. The molecule has 1 aromatic heterocycles. The lowest BCUT2D eigenvalue weighted by Gasteiger charge is -2.08. The Bertz CT molecular complexity index is 643. The number of aromatic nitrogens is 2. The highest BCUT2D eigenvalue weighted by atomic mass is 35.5. The minimum atomic E-state index is -0.285. The topological polar surface area (TPSA) is 44.1 Å². The molecule has 1 aromatic carbocycles. The average Bonchev–Trinajstić information content (AvgIpc) is 2.44. The number of aryl methyl sites for hydroxylation is 1. The van der Waals surface area contributed by atoms with Gasteiger partial charge in [-0.2, -0.15) is 5.10 Å². The largest absolute Gasteiger partial charge is 0.496 e. The predicted octanol–water partition coefficient (Wildman–Crippen LogP) is 2.73. The number of rotatable bonds is 4. The van der Waals surface area contributed by atoms with Crippen molar-refractivity contribution in [1.82, 2.24) is 9.78 Å². The molecule has 0 atom stereocenters. The number of thioether (sulfide) groups is 1. The van der Waals surface area contributed by atoms with Crippen LogP contribution in [0.25, 0.3) is 0 Å². The van der Waals surface area contributed by atoms with Crippen LogP contribution < -0.4 is 10.3 Å². The number of hydrogen-bond acceptors (Lipinski definition) is 4. The Balaban J connectivity index is 2.19. The van der Waals surface area contributed by atoms with Crippen LogP contribution in [-0.4, -0.2) is 16.9 Å². The second-order valence-corrected chi connectivity index (χ2v) is 5.25. The van der Waals surface area contributed by atoms with Crippen molar-refractivity contribution in [2.24, 2.45) is 7.05 Å². The van der Waals surface area contributed by atoms with Gasteiger partial charge in [-0.15, -0.1) is 11.8 Å². The molecule has 2 aromatic rings. The zero-order valence-electron chi connectivity index (χ0n) is 10.6. The van der Waals surface area contributed by atoms with E-state index in [2.05, 4.69) is 5.10 Å². The number of ether oxygens (including phenoxy) is 1. The van der Waals surface area contributed by atoms with Gasteiger partial charge in [-0.25, -0.2) is 4.68 Å². The summed E-state index contributed by atoms with van der Waals surface area (Å²) in [6.45, 7) is 0. The molecule has 1 heterocycles. The molecule has 4 nitrogen and oxygen atoms in total. The maximum atomic E-state index is 11.7. The normalized spacial score (nSPS) is 10.5. The van der Waals surface area contributed by atoms with Crippen LogP contribution in [0, 0.1) is 0 Å². The summed E-state index contributed by atoms with van der Waals surface area (Å²) in [4.78, 5) is 12.3. The first-order valence-corrected chi connectivity index (χ1v) is 6.96. The summed E-state index contributed by atoms with van der Waals surface area (Å²) in [5.74, 6) is 1.49. The zero-order chi connectivity index (χ0) is 13.8. The Morgan fingerprint density at radius 1 is 1.42 bits per heavy atom. The third-order valence-electron chi connectivity index (χ3n) is 2.62. The fourth-order valence-electron chi connectivity index (χ4n) is 1.57. The molecule has 0 radical (unpaired) electrons. The van der Waals surface area contributed by atoms with Gasteiger partial charge in [0.2, 0.25) is 0 Å². The number of benzene rings is 1. The number of hydrogen-bond donors (Lipinski definition) is 0. The maximum Gasteiger partial charge on any atom is 0.286 e. The van der Waals surface area contributed by atoms with E-state index in [1.54, 1.807) is 20.4 Å². The highest BCUT2D eigenvalue weighted by Gasteiger charge is 2.09. The number of halogens is 1. The van der Waals surface area contributed by atoms with Crippen molar-refractivity contribution in [3.8, 4) is 5.75 Å². The van der Waals surface area contributed by atoms with Gasteiger partial charge < -0.3 is 4.74 Å². The molecule has 19 heavy (non-hydrogen) atoms. The van der Waals surface area contributed by atoms with Gasteiger partial charge in [0.15, 0.2) is 0 Å². The van der Waals surface area contributed by atoms with Crippen LogP contribution in [0.3, 0.4) is 0 Å². The Labute approximate surface area is 120 Å². The van der Waals surface area contributed by atoms with E-state index in [-0.39, 0.29) is 10.6 Å². The van der Waals surface area contributed by atoms with Gasteiger partial charge in [0, 0.05) is 18.4 Å². The van der Waals surface area contributed by atoms with Crippen LogP contribution in [-0.2, 0) is 12.8 Å². The molecule has 0 aliphatic rings. The van der Waals surface area contributed by atoms with Gasteiger partial charge in [0.05, 0.1) is 18.2 Å². The second kappa shape index (κ2) is 6.12. The van der Waals surface area contributed by atoms with E-state index in [4.69, 9.17) is 16.3 Å². The van der Waals surface area contributed by atoms with Crippen molar-refractivity contribution in [2.75, 3.05) is 7.11 Å². The zero-order valence-corrected chi connectivity index (χ0v) is 12.2. The summed E-state index contributed by atoms with van der Waals surface area (Å²) in [6.07, 6.45) is 1.60. The molecule has 0 bridgehead atoms. The second-order valence-electron chi connectivity index (χ2n) is 3.85. The van der Waals surface area contributed by atoms with Crippen molar-refractivity contribution >= 4 is 23.4 Å². The van der Waals surface area contributed by atoms with E-state index in [1.165, 1.54) is 16.4 Å². The summed E-state index contributed by atoms with van der Waals surface area (Å²) in [7, 11) is 3.21. The summed E-state index contributed by atoms with van der Waals surface area (Å²) in [5, 5.41) is 4.17. The molecule has 2 rings (SSSR count). The maximum absolute atomic E-state index is 11.7. The van der Waals surface area contributed by atoms with Gasteiger partial charge in [0.1, 0.15) is 10.8 Å². The number of nitrogens with zero attached hydrogens (tertiary/aromatic N) is 2. The van der Waals surface area contributed by atoms with Crippen LogP contribution in [0.2, 0.25) is 5.02 Å². The van der Waals surface area contributed by atoms with E-state index in [0.717, 1.165) is 11.3 Å². The standard InChI is InChI=1S/C13H13ClN2O2S/c1-16-13(17)12(14)11(7-15-16)19-8-9-5-3-4-6-10(9)18-2/h3-7H,8H2,1-2H3. The third-order valence-corrected chi connectivity index (χ3v) is 4.18. The van der Waals surface area contributed by atoms with Crippen LogP contribution in [0.4, 0.5) is 0 Å². The number of para-hydroxylation sites is 1. The highest BCUT2D eigenvalue weighted by Crippen LogP contribution is 2.30. The van der Waals surface area contributed by atoms with Gasteiger partial charge in [-0.05, 0) is 6.07 Å². The van der Waals surface area contributed by atoms with E-state index in [1.807, 2.05) is 24.3 Å². The Morgan fingerprint density at radius 3 is 2.89 bits per heavy atom. The Hall–Kier alpha value is -1.46. The van der Waals surface area contributed by atoms with Crippen LogP contribution in [0.1, 0.15) is 5.56 Å². The molecular weight excluding hydrogens is 284 g/mol. The lowest BCUT2D eigenvalue weighted by molar-refractivity contribution is 0.411. The molecule has 0 N–H and O–H groups in total. The summed E-state index contributed by atoms with van der Waals surface area (Å²) in [5.41, 5.74) is 0.762. The van der Waals surface area contributed by atoms with E-state index in [0.29, 0.717) is 10.6 Å².